The SMILES string of the molecule is CC(C)(C)[C@H](NC(=O)Nc1ccccc1F)C(=O)N(CC(=O)NO)CC1CCCC1. The van der Waals surface area contributed by atoms with Gasteiger partial charge in [-0.05, 0) is 36.3 Å². The lowest BCUT2D eigenvalue weighted by Crippen LogP contribution is -2.57. The summed E-state index contributed by atoms with van der Waals surface area (Å²) in [5, 5.41) is 14.0. The van der Waals surface area contributed by atoms with E-state index in [1.54, 1.807) is 32.3 Å². The van der Waals surface area contributed by atoms with Crippen molar-refractivity contribution >= 4 is 23.5 Å². The molecule has 0 radical (unpaired) electrons. The van der Waals surface area contributed by atoms with Crippen molar-refractivity contribution in [3.05, 3.63) is 30.1 Å². The second kappa shape index (κ2) is 10.4. The fraction of sp³-hybridized carbons (Fsp3) is 0.571. The van der Waals surface area contributed by atoms with Crippen LogP contribution in [0.5, 0.6) is 0 Å². The molecule has 1 aliphatic carbocycles. The van der Waals surface area contributed by atoms with E-state index in [1.165, 1.54) is 23.1 Å². The predicted octanol–water partition coefficient (Wildman–Crippen LogP) is 2.89. The number of nitrogens with one attached hydrogen (secondary N) is 3. The van der Waals surface area contributed by atoms with E-state index in [1.807, 2.05) is 0 Å². The summed E-state index contributed by atoms with van der Waals surface area (Å²) in [4.78, 5) is 39.0. The third-order valence-corrected chi connectivity index (χ3v) is 5.23. The summed E-state index contributed by atoms with van der Waals surface area (Å²) in [6.45, 7) is 5.43. The van der Waals surface area contributed by atoms with Crippen LogP contribution in [0.25, 0.3) is 0 Å². The molecule has 8 nitrogen and oxygen atoms in total. The van der Waals surface area contributed by atoms with E-state index >= 15 is 0 Å². The Bertz CT molecular complexity index is 760. The molecule has 0 heterocycles. The highest BCUT2D eigenvalue weighted by molar-refractivity contribution is 5.95. The van der Waals surface area contributed by atoms with Gasteiger partial charge in [-0.3, -0.25) is 14.8 Å². The first-order chi connectivity index (χ1) is 14.1. The van der Waals surface area contributed by atoms with Gasteiger partial charge in [0.25, 0.3) is 5.91 Å². The Labute approximate surface area is 176 Å². The van der Waals surface area contributed by atoms with Crippen LogP contribution in [-0.4, -0.2) is 47.1 Å². The van der Waals surface area contributed by atoms with Gasteiger partial charge in [-0.15, -0.1) is 0 Å². The van der Waals surface area contributed by atoms with Crippen LogP contribution in [0.15, 0.2) is 24.3 Å². The molecule has 30 heavy (non-hydrogen) atoms. The first-order valence-electron chi connectivity index (χ1n) is 10.2. The lowest BCUT2D eigenvalue weighted by atomic mass is 9.85. The Hall–Kier alpha value is -2.68. The van der Waals surface area contributed by atoms with Gasteiger partial charge < -0.3 is 15.5 Å². The first kappa shape index (κ1) is 23.6. The minimum Gasteiger partial charge on any atom is -0.331 e. The molecule has 9 heteroatoms. The van der Waals surface area contributed by atoms with Crippen LogP contribution in [0.2, 0.25) is 0 Å². The first-order valence-corrected chi connectivity index (χ1v) is 10.2. The van der Waals surface area contributed by atoms with E-state index in [2.05, 4.69) is 10.6 Å². The van der Waals surface area contributed by atoms with Gasteiger partial charge in [0, 0.05) is 6.54 Å². The maximum absolute atomic E-state index is 13.8. The zero-order valence-corrected chi connectivity index (χ0v) is 17.7. The monoisotopic (exact) mass is 422 g/mol. The normalized spacial score (nSPS) is 15.4. The summed E-state index contributed by atoms with van der Waals surface area (Å²) in [6.07, 6.45) is 4.08. The van der Waals surface area contributed by atoms with Gasteiger partial charge in [0.2, 0.25) is 5.91 Å². The molecule has 0 bridgehead atoms. The van der Waals surface area contributed by atoms with Crippen LogP contribution in [0.3, 0.4) is 0 Å². The van der Waals surface area contributed by atoms with E-state index in [-0.39, 0.29) is 18.2 Å². The molecule has 0 unspecified atom stereocenters. The molecule has 0 aromatic heterocycles. The Balaban J connectivity index is 2.16. The van der Waals surface area contributed by atoms with E-state index in [4.69, 9.17) is 5.21 Å². The molecule has 0 saturated heterocycles. The summed E-state index contributed by atoms with van der Waals surface area (Å²) in [7, 11) is 0. The molecule has 1 aromatic rings. The number of nitrogens with zero attached hydrogens (tertiary/aromatic N) is 1. The zero-order chi connectivity index (χ0) is 22.3. The molecule has 0 aliphatic heterocycles. The summed E-state index contributed by atoms with van der Waals surface area (Å²) in [5.74, 6) is -1.45. The molecular formula is C21H31FN4O4. The largest absolute Gasteiger partial charge is 0.331 e. The molecule has 1 aromatic carbocycles. The minimum atomic E-state index is -0.961. The molecule has 1 atom stereocenters. The van der Waals surface area contributed by atoms with Crippen molar-refractivity contribution in [3.63, 3.8) is 0 Å². The van der Waals surface area contributed by atoms with Crippen molar-refractivity contribution in [2.45, 2.75) is 52.5 Å². The average Bonchev–Trinajstić information content (AvgIpc) is 3.19. The Morgan fingerprint density at radius 1 is 1.20 bits per heavy atom. The number of hydrogen-bond donors (Lipinski definition) is 4. The molecule has 1 saturated carbocycles. The van der Waals surface area contributed by atoms with Crippen molar-refractivity contribution in [2.24, 2.45) is 11.3 Å². The number of carbonyl (C=O) groups is 3. The molecular weight excluding hydrogens is 391 g/mol. The number of urea groups is 1. The van der Waals surface area contributed by atoms with Crippen LogP contribution < -0.4 is 16.1 Å². The fourth-order valence-corrected chi connectivity index (χ4v) is 3.63. The second-order valence-electron chi connectivity index (χ2n) is 8.78. The topological polar surface area (TPSA) is 111 Å². The van der Waals surface area contributed by atoms with Gasteiger partial charge in [-0.2, -0.15) is 0 Å². The number of amides is 4. The van der Waals surface area contributed by atoms with Crippen LogP contribution in [0, 0.1) is 17.2 Å². The van der Waals surface area contributed by atoms with E-state index in [9.17, 15) is 18.8 Å². The van der Waals surface area contributed by atoms with Gasteiger partial charge in [0.05, 0.1) is 5.69 Å². The van der Waals surface area contributed by atoms with Gasteiger partial charge in [-0.1, -0.05) is 45.7 Å². The third-order valence-electron chi connectivity index (χ3n) is 5.23. The zero-order valence-electron chi connectivity index (χ0n) is 17.7. The maximum atomic E-state index is 13.8. The minimum absolute atomic E-state index is 0.00224. The quantitative estimate of drug-likeness (QED) is 0.400. The summed E-state index contributed by atoms with van der Waals surface area (Å²) in [5.41, 5.74) is 0.883. The van der Waals surface area contributed by atoms with E-state index in [0.29, 0.717) is 6.54 Å². The molecule has 1 fully saturated rings. The highest BCUT2D eigenvalue weighted by atomic mass is 19.1. The number of para-hydroxylation sites is 1. The third kappa shape index (κ3) is 6.69. The highest BCUT2D eigenvalue weighted by Gasteiger charge is 2.37. The number of rotatable bonds is 7. The lowest BCUT2D eigenvalue weighted by molar-refractivity contribution is -0.142. The van der Waals surface area contributed by atoms with Crippen molar-refractivity contribution in [3.8, 4) is 0 Å². The number of hydrogen-bond acceptors (Lipinski definition) is 4. The molecule has 4 N–H and O–H groups in total. The van der Waals surface area contributed by atoms with Crippen molar-refractivity contribution in [1.82, 2.24) is 15.7 Å². The highest BCUT2D eigenvalue weighted by Crippen LogP contribution is 2.27. The Morgan fingerprint density at radius 2 is 1.83 bits per heavy atom. The summed E-state index contributed by atoms with van der Waals surface area (Å²) >= 11 is 0. The van der Waals surface area contributed by atoms with Gasteiger partial charge in [0.1, 0.15) is 18.4 Å². The Morgan fingerprint density at radius 3 is 2.40 bits per heavy atom. The molecule has 4 amide bonds. The molecule has 1 aliphatic rings. The molecule has 166 valence electrons. The number of carbonyl (C=O) groups excluding carboxylic acids is 3. The Kier molecular flexibility index (Phi) is 8.16. The standard InChI is InChI=1S/C21H31FN4O4/c1-21(2,3)18(24-20(29)23-16-11-7-6-10-15(16)22)19(28)26(13-17(27)25-30)12-14-8-4-5-9-14/h6-7,10-11,14,18,30H,4-5,8-9,12-13H2,1-3H3,(H,25,27)(H2,23,24,29)/t18-/m1/s1. The number of anilines is 1. The summed E-state index contributed by atoms with van der Waals surface area (Å²) in [6, 6.07) is 4.05. The summed E-state index contributed by atoms with van der Waals surface area (Å²) < 4.78 is 13.8. The van der Waals surface area contributed by atoms with Crippen LogP contribution >= 0.6 is 0 Å². The number of benzene rings is 1. The lowest BCUT2D eigenvalue weighted by Gasteiger charge is -2.35. The molecule has 2 rings (SSSR count). The second-order valence-corrected chi connectivity index (χ2v) is 8.78. The van der Waals surface area contributed by atoms with E-state index < -0.39 is 35.1 Å². The van der Waals surface area contributed by atoms with Crippen molar-refractivity contribution in [1.29, 1.82) is 0 Å². The number of hydroxylamine groups is 1. The van der Waals surface area contributed by atoms with Crippen molar-refractivity contribution in [2.75, 3.05) is 18.4 Å². The number of halogens is 1. The van der Waals surface area contributed by atoms with E-state index in [0.717, 1.165) is 25.7 Å². The fourth-order valence-electron chi connectivity index (χ4n) is 3.63. The van der Waals surface area contributed by atoms with Crippen LogP contribution in [0.1, 0.15) is 46.5 Å². The van der Waals surface area contributed by atoms with Crippen LogP contribution in [-0.2, 0) is 9.59 Å². The maximum Gasteiger partial charge on any atom is 0.319 e. The van der Waals surface area contributed by atoms with Gasteiger partial charge in [0.15, 0.2) is 0 Å². The smallest absolute Gasteiger partial charge is 0.319 e. The van der Waals surface area contributed by atoms with Crippen molar-refractivity contribution < 1.29 is 24.0 Å². The predicted molar refractivity (Wildman–Crippen MR) is 110 cm³/mol. The molecule has 0 spiro atoms. The van der Waals surface area contributed by atoms with Gasteiger partial charge >= 0.3 is 6.03 Å². The average molecular weight is 423 g/mol. The van der Waals surface area contributed by atoms with Gasteiger partial charge in [-0.25, -0.2) is 14.7 Å². The van der Waals surface area contributed by atoms with Crippen LogP contribution in [0.4, 0.5) is 14.9 Å².